The van der Waals surface area contributed by atoms with Gasteiger partial charge in [-0.15, -0.1) is 0 Å². The van der Waals surface area contributed by atoms with E-state index in [1.165, 1.54) is 19.1 Å². The number of carbonyl (C=O) groups is 1. The number of carbonyl (C=O) groups excluding carboxylic acids is 1. The minimum Gasteiger partial charge on any atom is -0.448 e. The van der Waals surface area contributed by atoms with Crippen molar-refractivity contribution in [3.05, 3.63) is 17.8 Å². The van der Waals surface area contributed by atoms with Crippen LogP contribution < -0.4 is 5.32 Å². The quantitative estimate of drug-likeness (QED) is 0.778. The number of oxazole rings is 1. The standard InChI is InChI=1S/C10H14N2O2/c1-7-11-9(6-14-7)10(13)12-8-4-2-3-5-8/h6,8H,2-5H2,1H3,(H,12,13). The molecule has 1 saturated carbocycles. The van der Waals surface area contributed by atoms with Crippen LogP contribution in [0.25, 0.3) is 0 Å². The molecule has 0 saturated heterocycles. The van der Waals surface area contributed by atoms with Gasteiger partial charge < -0.3 is 9.73 Å². The first-order valence-corrected chi connectivity index (χ1v) is 4.99. The monoisotopic (exact) mass is 194 g/mol. The Hall–Kier alpha value is -1.32. The van der Waals surface area contributed by atoms with Crippen molar-refractivity contribution in [2.75, 3.05) is 0 Å². The number of aromatic nitrogens is 1. The molecule has 4 nitrogen and oxygen atoms in total. The van der Waals surface area contributed by atoms with Crippen LogP contribution in [0.2, 0.25) is 0 Å². The number of hydrogen-bond acceptors (Lipinski definition) is 3. The summed E-state index contributed by atoms with van der Waals surface area (Å²) in [6, 6.07) is 0.333. The van der Waals surface area contributed by atoms with Gasteiger partial charge in [0.05, 0.1) is 0 Å². The largest absolute Gasteiger partial charge is 0.448 e. The molecule has 0 unspecified atom stereocenters. The van der Waals surface area contributed by atoms with Gasteiger partial charge in [-0.1, -0.05) is 12.8 Å². The van der Waals surface area contributed by atoms with Crippen molar-refractivity contribution in [3.8, 4) is 0 Å². The molecule has 2 rings (SSSR count). The number of aryl methyl sites for hydroxylation is 1. The number of hydrogen-bond donors (Lipinski definition) is 1. The van der Waals surface area contributed by atoms with Gasteiger partial charge >= 0.3 is 0 Å². The van der Waals surface area contributed by atoms with Crippen LogP contribution in [0.4, 0.5) is 0 Å². The summed E-state index contributed by atoms with van der Waals surface area (Å²) >= 11 is 0. The number of nitrogens with zero attached hydrogens (tertiary/aromatic N) is 1. The average Bonchev–Trinajstić information content (AvgIpc) is 2.75. The fraction of sp³-hybridized carbons (Fsp3) is 0.600. The molecule has 0 radical (unpaired) electrons. The van der Waals surface area contributed by atoms with Crippen molar-refractivity contribution in [2.45, 2.75) is 38.6 Å². The Morgan fingerprint density at radius 1 is 1.57 bits per heavy atom. The van der Waals surface area contributed by atoms with Gasteiger partial charge in [0, 0.05) is 13.0 Å². The third-order valence-corrected chi connectivity index (χ3v) is 2.54. The molecule has 1 N–H and O–H groups in total. The Bertz CT molecular complexity index is 327. The summed E-state index contributed by atoms with van der Waals surface area (Å²) in [5.41, 5.74) is 0.384. The van der Waals surface area contributed by atoms with Gasteiger partial charge in [-0.2, -0.15) is 0 Å². The lowest BCUT2D eigenvalue weighted by Gasteiger charge is -2.09. The van der Waals surface area contributed by atoms with Gasteiger partial charge in [-0.25, -0.2) is 4.98 Å². The molecule has 4 heteroatoms. The fourth-order valence-electron chi connectivity index (χ4n) is 1.80. The Morgan fingerprint density at radius 2 is 2.29 bits per heavy atom. The van der Waals surface area contributed by atoms with E-state index in [4.69, 9.17) is 4.42 Å². The van der Waals surface area contributed by atoms with E-state index in [9.17, 15) is 4.79 Å². The van der Waals surface area contributed by atoms with Crippen molar-refractivity contribution in [1.82, 2.24) is 10.3 Å². The van der Waals surface area contributed by atoms with Crippen LogP contribution in [0.15, 0.2) is 10.7 Å². The van der Waals surface area contributed by atoms with Gasteiger partial charge in [-0.3, -0.25) is 4.79 Å². The Morgan fingerprint density at radius 3 is 2.86 bits per heavy atom. The molecular weight excluding hydrogens is 180 g/mol. The highest BCUT2D eigenvalue weighted by Gasteiger charge is 2.19. The molecule has 1 aliphatic rings. The van der Waals surface area contributed by atoms with Gasteiger partial charge in [-0.05, 0) is 12.8 Å². The van der Waals surface area contributed by atoms with E-state index in [0.29, 0.717) is 17.6 Å². The summed E-state index contributed by atoms with van der Waals surface area (Å²) in [6.07, 6.45) is 6.00. The van der Waals surface area contributed by atoms with Crippen LogP contribution in [0.5, 0.6) is 0 Å². The lowest BCUT2D eigenvalue weighted by Crippen LogP contribution is -2.32. The third-order valence-electron chi connectivity index (χ3n) is 2.54. The highest BCUT2D eigenvalue weighted by molar-refractivity contribution is 5.92. The maximum Gasteiger partial charge on any atom is 0.273 e. The molecule has 1 fully saturated rings. The maximum absolute atomic E-state index is 11.6. The van der Waals surface area contributed by atoms with E-state index in [1.54, 1.807) is 6.92 Å². The Labute approximate surface area is 82.7 Å². The van der Waals surface area contributed by atoms with Gasteiger partial charge in [0.25, 0.3) is 5.91 Å². The second kappa shape index (κ2) is 3.82. The average molecular weight is 194 g/mol. The van der Waals surface area contributed by atoms with Gasteiger partial charge in [0.1, 0.15) is 6.26 Å². The highest BCUT2D eigenvalue weighted by atomic mass is 16.3. The molecule has 0 bridgehead atoms. The van der Waals surface area contributed by atoms with Crippen molar-refractivity contribution in [2.24, 2.45) is 0 Å². The molecule has 1 aliphatic carbocycles. The topological polar surface area (TPSA) is 55.1 Å². The van der Waals surface area contributed by atoms with Gasteiger partial charge in [0.15, 0.2) is 11.6 Å². The minimum absolute atomic E-state index is 0.117. The molecule has 0 aliphatic heterocycles. The lowest BCUT2D eigenvalue weighted by molar-refractivity contribution is 0.0933. The van der Waals surface area contributed by atoms with Crippen LogP contribution in [0.3, 0.4) is 0 Å². The molecule has 1 amide bonds. The summed E-state index contributed by atoms with van der Waals surface area (Å²) in [4.78, 5) is 15.6. The first-order valence-electron chi connectivity index (χ1n) is 4.99. The first kappa shape index (κ1) is 9.24. The molecule has 1 aromatic rings. The summed E-state index contributed by atoms with van der Waals surface area (Å²) in [6.45, 7) is 1.73. The van der Waals surface area contributed by atoms with Crippen molar-refractivity contribution in [1.29, 1.82) is 0 Å². The molecule has 14 heavy (non-hydrogen) atoms. The number of rotatable bonds is 2. The molecule has 1 heterocycles. The molecule has 1 aromatic heterocycles. The fourth-order valence-corrected chi connectivity index (χ4v) is 1.80. The van der Waals surface area contributed by atoms with E-state index in [-0.39, 0.29) is 5.91 Å². The van der Waals surface area contributed by atoms with E-state index in [2.05, 4.69) is 10.3 Å². The van der Waals surface area contributed by atoms with Crippen LogP contribution in [-0.2, 0) is 0 Å². The number of nitrogens with one attached hydrogen (secondary N) is 1. The Balaban J connectivity index is 1.95. The molecule has 0 aromatic carbocycles. The van der Waals surface area contributed by atoms with Crippen molar-refractivity contribution >= 4 is 5.91 Å². The summed E-state index contributed by atoms with van der Waals surface area (Å²) in [7, 11) is 0. The molecular formula is C10H14N2O2. The molecule has 0 spiro atoms. The van der Waals surface area contributed by atoms with Crippen molar-refractivity contribution in [3.63, 3.8) is 0 Å². The second-order valence-electron chi connectivity index (χ2n) is 3.71. The van der Waals surface area contributed by atoms with E-state index < -0.39 is 0 Å². The number of amides is 1. The predicted octanol–water partition coefficient (Wildman–Crippen LogP) is 1.66. The summed E-state index contributed by atoms with van der Waals surface area (Å²) < 4.78 is 4.98. The zero-order chi connectivity index (χ0) is 9.97. The van der Waals surface area contributed by atoms with Gasteiger partial charge in [0.2, 0.25) is 0 Å². The highest BCUT2D eigenvalue weighted by Crippen LogP contribution is 2.17. The lowest BCUT2D eigenvalue weighted by atomic mass is 10.2. The first-order chi connectivity index (χ1) is 6.75. The molecule has 76 valence electrons. The smallest absolute Gasteiger partial charge is 0.273 e. The van der Waals surface area contributed by atoms with Crippen LogP contribution >= 0.6 is 0 Å². The molecule has 0 atom stereocenters. The Kier molecular flexibility index (Phi) is 2.52. The zero-order valence-electron chi connectivity index (χ0n) is 8.25. The van der Waals surface area contributed by atoms with E-state index in [1.807, 2.05) is 0 Å². The zero-order valence-corrected chi connectivity index (χ0v) is 8.25. The van der Waals surface area contributed by atoms with Crippen molar-refractivity contribution < 1.29 is 9.21 Å². The summed E-state index contributed by atoms with van der Waals surface area (Å²) in [5, 5.41) is 2.95. The van der Waals surface area contributed by atoms with E-state index in [0.717, 1.165) is 12.8 Å². The predicted molar refractivity (Wildman–Crippen MR) is 51.0 cm³/mol. The summed E-state index contributed by atoms with van der Waals surface area (Å²) in [5.74, 6) is 0.412. The maximum atomic E-state index is 11.6. The van der Waals surface area contributed by atoms with E-state index >= 15 is 0 Å². The second-order valence-corrected chi connectivity index (χ2v) is 3.71. The minimum atomic E-state index is -0.117. The van der Waals surface area contributed by atoms with Crippen LogP contribution in [0, 0.1) is 6.92 Å². The third kappa shape index (κ3) is 1.95. The van der Waals surface area contributed by atoms with Crippen LogP contribution in [-0.4, -0.2) is 16.9 Å². The SMILES string of the molecule is Cc1nc(C(=O)NC2CCCC2)co1. The van der Waals surface area contributed by atoms with Crippen LogP contribution in [0.1, 0.15) is 42.1 Å². The normalized spacial score (nSPS) is 17.2.